The van der Waals surface area contributed by atoms with Crippen molar-refractivity contribution < 1.29 is 19.1 Å². The van der Waals surface area contributed by atoms with Gasteiger partial charge in [0.2, 0.25) is 0 Å². The minimum absolute atomic E-state index is 0.0573. The Balaban J connectivity index is 1.72. The van der Waals surface area contributed by atoms with Crippen LogP contribution in [0.25, 0.3) is 0 Å². The third kappa shape index (κ3) is 6.77. The highest BCUT2D eigenvalue weighted by Gasteiger charge is 2.14. The first-order chi connectivity index (χ1) is 12.8. The first kappa shape index (κ1) is 20.5. The molecule has 1 N–H and O–H groups in total. The zero-order valence-electron chi connectivity index (χ0n) is 16.3. The summed E-state index contributed by atoms with van der Waals surface area (Å²) < 4.78 is 10.4. The molecule has 0 radical (unpaired) electrons. The van der Waals surface area contributed by atoms with E-state index in [4.69, 9.17) is 9.47 Å². The van der Waals surface area contributed by atoms with Gasteiger partial charge in [-0.2, -0.15) is 0 Å². The van der Waals surface area contributed by atoms with Gasteiger partial charge in [-0.05, 0) is 35.6 Å². The monoisotopic (exact) mass is 369 g/mol. The van der Waals surface area contributed by atoms with E-state index in [1.54, 1.807) is 0 Å². The van der Waals surface area contributed by atoms with E-state index in [1.165, 1.54) is 5.56 Å². The van der Waals surface area contributed by atoms with Gasteiger partial charge >= 0.3 is 5.97 Å². The number of hydrogen-bond donors (Lipinski definition) is 1. The van der Waals surface area contributed by atoms with Crippen LogP contribution in [0.4, 0.5) is 0 Å². The van der Waals surface area contributed by atoms with E-state index in [1.807, 2.05) is 61.5 Å². The molecule has 0 saturated carbocycles. The molecule has 0 unspecified atom stereocenters. The van der Waals surface area contributed by atoms with Crippen LogP contribution in [0.15, 0.2) is 54.6 Å². The van der Waals surface area contributed by atoms with Crippen molar-refractivity contribution in [2.45, 2.75) is 39.2 Å². The van der Waals surface area contributed by atoms with Gasteiger partial charge in [-0.3, -0.25) is 4.79 Å². The minimum atomic E-state index is -0.586. The van der Waals surface area contributed by atoms with Gasteiger partial charge in [-0.1, -0.05) is 63.2 Å². The summed E-state index contributed by atoms with van der Waals surface area (Å²) in [5.41, 5.74) is 2.22. The topological polar surface area (TPSA) is 64.6 Å². The standard InChI is InChI=1S/C22H27NO4/c1-16(17-8-6-5-7-9-17)23-20(24)14-27-21(25)15-26-19-12-10-18(11-13-19)22(2,3)4/h5-13,16H,14-15H2,1-4H3,(H,23,24)/t16-/m1/s1. The van der Waals surface area contributed by atoms with Crippen LogP contribution in [0.5, 0.6) is 5.75 Å². The molecular formula is C22H27NO4. The summed E-state index contributed by atoms with van der Waals surface area (Å²) >= 11 is 0. The predicted molar refractivity (Wildman–Crippen MR) is 105 cm³/mol. The molecule has 0 heterocycles. The fraction of sp³-hybridized carbons (Fsp3) is 0.364. The van der Waals surface area contributed by atoms with E-state index in [9.17, 15) is 9.59 Å². The molecule has 144 valence electrons. The molecule has 2 aromatic carbocycles. The van der Waals surface area contributed by atoms with Crippen molar-refractivity contribution >= 4 is 11.9 Å². The van der Waals surface area contributed by atoms with Crippen LogP contribution in [-0.2, 0) is 19.7 Å². The van der Waals surface area contributed by atoms with Gasteiger partial charge in [0.15, 0.2) is 13.2 Å². The fourth-order valence-electron chi connectivity index (χ4n) is 2.49. The van der Waals surface area contributed by atoms with Crippen LogP contribution < -0.4 is 10.1 Å². The first-order valence-corrected chi connectivity index (χ1v) is 8.99. The second kappa shape index (κ2) is 9.21. The fourth-order valence-corrected chi connectivity index (χ4v) is 2.49. The zero-order chi connectivity index (χ0) is 19.9. The number of carbonyl (C=O) groups excluding carboxylic acids is 2. The summed E-state index contributed by atoms with van der Waals surface area (Å²) in [7, 11) is 0. The number of benzene rings is 2. The van der Waals surface area contributed by atoms with Crippen molar-refractivity contribution in [3.05, 3.63) is 65.7 Å². The molecule has 0 aliphatic carbocycles. The largest absolute Gasteiger partial charge is 0.482 e. The van der Waals surface area contributed by atoms with E-state index in [0.29, 0.717) is 5.75 Å². The number of rotatable bonds is 7. The Morgan fingerprint density at radius 2 is 1.59 bits per heavy atom. The summed E-state index contributed by atoms with van der Waals surface area (Å²) in [5, 5.41) is 2.79. The van der Waals surface area contributed by atoms with Gasteiger partial charge in [-0.25, -0.2) is 4.79 Å². The first-order valence-electron chi connectivity index (χ1n) is 8.99. The van der Waals surface area contributed by atoms with Crippen molar-refractivity contribution in [1.29, 1.82) is 0 Å². The van der Waals surface area contributed by atoms with Crippen LogP contribution in [0.2, 0.25) is 0 Å². The maximum absolute atomic E-state index is 11.9. The Bertz CT molecular complexity index is 748. The lowest BCUT2D eigenvalue weighted by Crippen LogP contribution is -2.31. The van der Waals surface area contributed by atoms with Gasteiger partial charge in [0.1, 0.15) is 5.75 Å². The lowest BCUT2D eigenvalue weighted by Gasteiger charge is -2.19. The molecule has 0 spiro atoms. The quantitative estimate of drug-likeness (QED) is 0.754. The Morgan fingerprint density at radius 3 is 2.19 bits per heavy atom. The van der Waals surface area contributed by atoms with Crippen molar-refractivity contribution in [2.75, 3.05) is 13.2 Å². The van der Waals surface area contributed by atoms with E-state index < -0.39 is 5.97 Å². The Hall–Kier alpha value is -2.82. The second-order valence-corrected chi connectivity index (χ2v) is 7.42. The highest BCUT2D eigenvalue weighted by molar-refractivity contribution is 5.81. The molecule has 2 rings (SSSR count). The molecule has 0 aliphatic rings. The predicted octanol–water partition coefficient (Wildman–Crippen LogP) is 3.78. The lowest BCUT2D eigenvalue weighted by atomic mass is 9.87. The minimum Gasteiger partial charge on any atom is -0.482 e. The summed E-state index contributed by atoms with van der Waals surface area (Å²) in [6, 6.07) is 17.0. The van der Waals surface area contributed by atoms with E-state index >= 15 is 0 Å². The third-order valence-corrected chi connectivity index (χ3v) is 4.12. The molecule has 0 saturated heterocycles. The maximum Gasteiger partial charge on any atom is 0.344 e. The van der Waals surface area contributed by atoms with E-state index in [-0.39, 0.29) is 30.6 Å². The average Bonchev–Trinajstić information content (AvgIpc) is 2.65. The van der Waals surface area contributed by atoms with Crippen molar-refractivity contribution in [1.82, 2.24) is 5.32 Å². The molecule has 0 aromatic heterocycles. The molecule has 1 amide bonds. The molecule has 0 aliphatic heterocycles. The van der Waals surface area contributed by atoms with Crippen molar-refractivity contribution in [2.24, 2.45) is 0 Å². The van der Waals surface area contributed by atoms with Crippen molar-refractivity contribution in [3.63, 3.8) is 0 Å². The number of hydrogen-bond acceptors (Lipinski definition) is 4. The van der Waals surface area contributed by atoms with Crippen LogP contribution in [0, 0.1) is 0 Å². The molecule has 1 atom stereocenters. The maximum atomic E-state index is 11.9. The van der Waals surface area contributed by atoms with Crippen LogP contribution in [-0.4, -0.2) is 25.1 Å². The summed E-state index contributed by atoms with van der Waals surface area (Å²) in [5.74, 6) is -0.353. The molecule has 2 aromatic rings. The third-order valence-electron chi connectivity index (χ3n) is 4.12. The number of nitrogens with one attached hydrogen (secondary N) is 1. The number of esters is 1. The second-order valence-electron chi connectivity index (χ2n) is 7.42. The number of amides is 1. The van der Waals surface area contributed by atoms with Gasteiger partial charge < -0.3 is 14.8 Å². The van der Waals surface area contributed by atoms with Gasteiger partial charge in [0.25, 0.3) is 5.91 Å². The Kier molecular flexibility index (Phi) is 6.99. The number of ether oxygens (including phenoxy) is 2. The summed E-state index contributed by atoms with van der Waals surface area (Å²) in [4.78, 5) is 23.7. The normalized spacial score (nSPS) is 12.1. The van der Waals surface area contributed by atoms with Gasteiger partial charge in [0, 0.05) is 0 Å². The summed E-state index contributed by atoms with van der Waals surface area (Å²) in [6.07, 6.45) is 0. The van der Waals surface area contributed by atoms with Gasteiger partial charge in [-0.15, -0.1) is 0 Å². The Labute approximate surface area is 160 Å². The Morgan fingerprint density at radius 1 is 0.963 bits per heavy atom. The van der Waals surface area contributed by atoms with Crippen LogP contribution >= 0.6 is 0 Å². The number of carbonyl (C=O) groups is 2. The summed E-state index contributed by atoms with van der Waals surface area (Å²) in [6.45, 7) is 7.69. The molecule has 5 heteroatoms. The molecule has 0 bridgehead atoms. The molecule has 0 fully saturated rings. The zero-order valence-corrected chi connectivity index (χ0v) is 16.3. The van der Waals surface area contributed by atoms with Gasteiger partial charge in [0.05, 0.1) is 6.04 Å². The smallest absolute Gasteiger partial charge is 0.344 e. The SMILES string of the molecule is C[C@@H](NC(=O)COC(=O)COc1ccc(C(C)(C)C)cc1)c1ccccc1. The molecular weight excluding hydrogens is 342 g/mol. The molecule has 5 nitrogen and oxygen atoms in total. The lowest BCUT2D eigenvalue weighted by molar-refractivity contribution is -0.150. The van der Waals surface area contributed by atoms with Crippen molar-refractivity contribution in [3.8, 4) is 5.75 Å². The highest BCUT2D eigenvalue weighted by atomic mass is 16.6. The highest BCUT2D eigenvalue weighted by Crippen LogP contribution is 2.24. The average molecular weight is 369 g/mol. The molecule has 27 heavy (non-hydrogen) atoms. The van der Waals surface area contributed by atoms with Crippen LogP contribution in [0.3, 0.4) is 0 Å². The van der Waals surface area contributed by atoms with E-state index in [0.717, 1.165) is 5.56 Å². The van der Waals surface area contributed by atoms with E-state index in [2.05, 4.69) is 26.1 Å². The van der Waals surface area contributed by atoms with Crippen LogP contribution in [0.1, 0.15) is 44.9 Å².